The lowest BCUT2D eigenvalue weighted by molar-refractivity contribution is -0.145. The molecule has 2 N–H and O–H groups in total. The number of carboxylic acids is 1. The number of hydrogen-bond acceptors (Lipinski definition) is 4. The molecule has 0 aliphatic carbocycles. The molecule has 1 aromatic carbocycles. The first-order chi connectivity index (χ1) is 9.97. The number of nitrogens with one attached hydrogen (secondary N) is 1. The highest BCUT2D eigenvalue weighted by Crippen LogP contribution is 2.29. The average Bonchev–Trinajstić information content (AvgIpc) is 2.45. The van der Waals surface area contributed by atoms with Crippen molar-refractivity contribution in [3.8, 4) is 11.5 Å². The maximum Gasteiger partial charge on any atom is 0.344 e. The molecular formula is C16H25NO4. The predicted octanol–water partition coefficient (Wildman–Crippen LogP) is 2.83. The van der Waals surface area contributed by atoms with E-state index in [1.807, 2.05) is 19.1 Å². The molecule has 0 amide bonds. The van der Waals surface area contributed by atoms with Gasteiger partial charge in [-0.3, -0.25) is 0 Å². The van der Waals surface area contributed by atoms with Crippen LogP contribution >= 0.6 is 0 Å². The SMILES string of the molecule is CCCC(Oc1ccc(CNC(C)C)cc1OC)C(=O)O. The molecule has 5 heteroatoms. The molecule has 0 radical (unpaired) electrons. The summed E-state index contributed by atoms with van der Waals surface area (Å²) in [5.41, 5.74) is 1.07. The molecule has 0 fully saturated rings. The molecule has 0 aliphatic rings. The first kappa shape index (κ1) is 17.3. The molecule has 0 saturated carbocycles. The molecule has 1 rings (SSSR count). The minimum atomic E-state index is -0.954. The summed E-state index contributed by atoms with van der Waals surface area (Å²) in [5.74, 6) is 0.0662. The fourth-order valence-corrected chi connectivity index (χ4v) is 1.89. The number of benzene rings is 1. The maximum atomic E-state index is 11.2. The lowest BCUT2D eigenvalue weighted by atomic mass is 10.1. The average molecular weight is 295 g/mol. The van der Waals surface area contributed by atoms with Crippen LogP contribution in [0.15, 0.2) is 18.2 Å². The molecule has 0 spiro atoms. The van der Waals surface area contributed by atoms with Gasteiger partial charge < -0.3 is 19.9 Å². The summed E-state index contributed by atoms with van der Waals surface area (Å²) in [5, 5.41) is 12.5. The third-order valence-corrected chi connectivity index (χ3v) is 3.04. The van der Waals surface area contributed by atoms with Crippen molar-refractivity contribution in [2.45, 2.75) is 52.3 Å². The molecule has 21 heavy (non-hydrogen) atoms. The fourth-order valence-electron chi connectivity index (χ4n) is 1.89. The van der Waals surface area contributed by atoms with E-state index in [0.29, 0.717) is 24.0 Å². The van der Waals surface area contributed by atoms with E-state index >= 15 is 0 Å². The van der Waals surface area contributed by atoms with Crippen molar-refractivity contribution in [1.82, 2.24) is 5.32 Å². The topological polar surface area (TPSA) is 67.8 Å². The van der Waals surface area contributed by atoms with Crippen LogP contribution in [0.2, 0.25) is 0 Å². The standard InChI is InChI=1S/C16H25NO4/c1-5-6-14(16(18)19)21-13-8-7-12(9-15(13)20-4)10-17-11(2)3/h7-9,11,14,17H,5-6,10H2,1-4H3,(H,18,19). The van der Waals surface area contributed by atoms with E-state index in [0.717, 1.165) is 18.5 Å². The highest BCUT2D eigenvalue weighted by atomic mass is 16.5. The molecule has 1 aromatic rings. The Morgan fingerprint density at radius 1 is 1.33 bits per heavy atom. The molecule has 1 unspecified atom stereocenters. The lowest BCUT2D eigenvalue weighted by Crippen LogP contribution is -2.27. The number of hydrogen-bond donors (Lipinski definition) is 2. The summed E-state index contributed by atoms with van der Waals surface area (Å²) in [6.45, 7) is 6.82. The molecule has 0 aliphatic heterocycles. The smallest absolute Gasteiger partial charge is 0.344 e. The van der Waals surface area contributed by atoms with Gasteiger partial charge in [0.25, 0.3) is 0 Å². The van der Waals surface area contributed by atoms with Crippen LogP contribution in [0.3, 0.4) is 0 Å². The van der Waals surface area contributed by atoms with E-state index in [2.05, 4.69) is 19.2 Å². The summed E-state index contributed by atoms with van der Waals surface area (Å²) in [4.78, 5) is 11.2. The normalized spacial score (nSPS) is 12.2. The summed E-state index contributed by atoms with van der Waals surface area (Å²) >= 11 is 0. The van der Waals surface area contributed by atoms with Gasteiger partial charge in [-0.15, -0.1) is 0 Å². The molecule has 0 bridgehead atoms. The van der Waals surface area contributed by atoms with Crippen LogP contribution in [-0.4, -0.2) is 30.3 Å². The zero-order valence-electron chi connectivity index (χ0n) is 13.2. The number of rotatable bonds is 9. The van der Waals surface area contributed by atoms with Gasteiger partial charge in [0.05, 0.1) is 7.11 Å². The van der Waals surface area contributed by atoms with Crippen LogP contribution in [-0.2, 0) is 11.3 Å². The van der Waals surface area contributed by atoms with Crippen molar-refractivity contribution >= 4 is 5.97 Å². The van der Waals surface area contributed by atoms with Crippen molar-refractivity contribution < 1.29 is 19.4 Å². The van der Waals surface area contributed by atoms with Gasteiger partial charge >= 0.3 is 5.97 Å². The van der Waals surface area contributed by atoms with Crippen LogP contribution in [0, 0.1) is 0 Å². The Morgan fingerprint density at radius 3 is 2.57 bits per heavy atom. The monoisotopic (exact) mass is 295 g/mol. The van der Waals surface area contributed by atoms with Gasteiger partial charge in [-0.25, -0.2) is 4.79 Å². The second-order valence-electron chi connectivity index (χ2n) is 5.25. The van der Waals surface area contributed by atoms with E-state index < -0.39 is 12.1 Å². The van der Waals surface area contributed by atoms with Crippen LogP contribution < -0.4 is 14.8 Å². The number of ether oxygens (including phenoxy) is 2. The highest BCUT2D eigenvalue weighted by molar-refractivity contribution is 5.72. The summed E-state index contributed by atoms with van der Waals surface area (Å²) < 4.78 is 10.9. The molecule has 0 saturated heterocycles. The fraction of sp³-hybridized carbons (Fsp3) is 0.562. The molecule has 5 nitrogen and oxygen atoms in total. The van der Waals surface area contributed by atoms with Gasteiger partial charge in [0.15, 0.2) is 17.6 Å². The Balaban J connectivity index is 2.84. The Bertz CT molecular complexity index is 460. The van der Waals surface area contributed by atoms with Crippen molar-refractivity contribution in [2.24, 2.45) is 0 Å². The molecule has 0 aromatic heterocycles. The second-order valence-corrected chi connectivity index (χ2v) is 5.25. The van der Waals surface area contributed by atoms with Gasteiger partial charge in [0.2, 0.25) is 0 Å². The second kappa shape index (κ2) is 8.52. The van der Waals surface area contributed by atoms with E-state index in [1.54, 1.807) is 13.2 Å². The quantitative estimate of drug-likeness (QED) is 0.733. The zero-order chi connectivity index (χ0) is 15.8. The summed E-state index contributed by atoms with van der Waals surface area (Å²) in [7, 11) is 1.55. The van der Waals surface area contributed by atoms with Crippen LogP contribution in [0.4, 0.5) is 0 Å². The first-order valence-electron chi connectivity index (χ1n) is 7.27. The lowest BCUT2D eigenvalue weighted by Gasteiger charge is -2.17. The summed E-state index contributed by atoms with van der Waals surface area (Å²) in [6.07, 6.45) is 0.369. The number of aliphatic carboxylic acids is 1. The largest absolute Gasteiger partial charge is 0.493 e. The van der Waals surface area contributed by atoms with E-state index in [1.165, 1.54) is 0 Å². The molecule has 0 heterocycles. The van der Waals surface area contributed by atoms with Crippen molar-refractivity contribution in [3.05, 3.63) is 23.8 Å². The third-order valence-electron chi connectivity index (χ3n) is 3.04. The highest BCUT2D eigenvalue weighted by Gasteiger charge is 2.20. The molecular weight excluding hydrogens is 270 g/mol. The minimum Gasteiger partial charge on any atom is -0.493 e. The van der Waals surface area contributed by atoms with Gasteiger partial charge in [-0.1, -0.05) is 33.3 Å². The van der Waals surface area contributed by atoms with Crippen LogP contribution in [0.1, 0.15) is 39.2 Å². The van der Waals surface area contributed by atoms with Crippen molar-refractivity contribution in [1.29, 1.82) is 0 Å². The van der Waals surface area contributed by atoms with Crippen molar-refractivity contribution in [2.75, 3.05) is 7.11 Å². The van der Waals surface area contributed by atoms with E-state index in [-0.39, 0.29) is 0 Å². The Labute approximate surface area is 126 Å². The Hall–Kier alpha value is -1.75. The van der Waals surface area contributed by atoms with Gasteiger partial charge in [0.1, 0.15) is 0 Å². The zero-order valence-corrected chi connectivity index (χ0v) is 13.2. The molecule has 1 atom stereocenters. The Morgan fingerprint density at radius 2 is 2.05 bits per heavy atom. The van der Waals surface area contributed by atoms with Gasteiger partial charge in [0, 0.05) is 12.6 Å². The van der Waals surface area contributed by atoms with Crippen LogP contribution in [0.25, 0.3) is 0 Å². The number of carbonyl (C=O) groups is 1. The summed E-state index contributed by atoms with van der Waals surface area (Å²) in [6, 6.07) is 5.95. The predicted molar refractivity (Wildman–Crippen MR) is 81.9 cm³/mol. The van der Waals surface area contributed by atoms with E-state index in [4.69, 9.17) is 14.6 Å². The first-order valence-corrected chi connectivity index (χ1v) is 7.27. The van der Waals surface area contributed by atoms with E-state index in [9.17, 15) is 4.79 Å². The van der Waals surface area contributed by atoms with Crippen LogP contribution in [0.5, 0.6) is 11.5 Å². The maximum absolute atomic E-state index is 11.2. The minimum absolute atomic E-state index is 0.396. The number of carboxylic acid groups (broad SMARTS) is 1. The van der Waals surface area contributed by atoms with Gasteiger partial charge in [-0.05, 0) is 24.1 Å². The molecule has 118 valence electrons. The van der Waals surface area contributed by atoms with Crippen molar-refractivity contribution in [3.63, 3.8) is 0 Å². The van der Waals surface area contributed by atoms with Gasteiger partial charge in [-0.2, -0.15) is 0 Å². The third kappa shape index (κ3) is 5.63. The number of methoxy groups -OCH3 is 1. The Kier molecular flexibility index (Phi) is 7.02.